The van der Waals surface area contributed by atoms with Gasteiger partial charge in [0.2, 0.25) is 0 Å². The summed E-state index contributed by atoms with van der Waals surface area (Å²) in [5.41, 5.74) is 0. The first-order chi connectivity index (χ1) is 10.6. The average Bonchev–Trinajstić information content (AvgIpc) is 2.95. The number of benzene rings is 1. The van der Waals surface area contributed by atoms with Crippen molar-refractivity contribution in [3.63, 3.8) is 0 Å². The van der Waals surface area contributed by atoms with Gasteiger partial charge in [-0.05, 0) is 56.2 Å². The molecule has 0 amide bonds. The molecule has 2 N–H and O–H groups in total. The zero-order valence-electron chi connectivity index (χ0n) is 12.6. The van der Waals surface area contributed by atoms with Gasteiger partial charge in [-0.15, -0.1) is 23.5 Å². The quantitative estimate of drug-likeness (QED) is 0.822. The first-order valence-corrected chi connectivity index (χ1v) is 9.76. The zero-order chi connectivity index (χ0) is 15.6. The van der Waals surface area contributed by atoms with E-state index in [2.05, 4.69) is 23.7 Å². The fraction of sp³-hybridized carbons (Fsp3) is 0.562. The van der Waals surface area contributed by atoms with Crippen LogP contribution in [0.1, 0.15) is 25.7 Å². The molecule has 6 heteroatoms. The standard InChI is InChI=1S/C16H21NO3S2/c1-21-13-4-2-11(3-5-13)20-12-6-8-16(9-7-12)17-14(10-22-16)15(18)19/h2-5,12,14,17H,6-10H2,1H3,(H,18,19). The lowest BCUT2D eigenvalue weighted by Gasteiger charge is -2.37. The number of rotatable bonds is 4. The number of hydrogen-bond donors (Lipinski definition) is 2. The van der Waals surface area contributed by atoms with Gasteiger partial charge in [0, 0.05) is 10.6 Å². The molecule has 22 heavy (non-hydrogen) atoms. The second kappa shape index (κ2) is 6.72. The Hall–Kier alpha value is -0.850. The third-order valence-electron chi connectivity index (χ3n) is 4.36. The summed E-state index contributed by atoms with van der Waals surface area (Å²) in [7, 11) is 0. The van der Waals surface area contributed by atoms with Crippen LogP contribution in [0.5, 0.6) is 5.75 Å². The molecular weight excluding hydrogens is 318 g/mol. The Morgan fingerprint density at radius 1 is 1.36 bits per heavy atom. The van der Waals surface area contributed by atoms with E-state index in [1.165, 1.54) is 4.90 Å². The summed E-state index contributed by atoms with van der Waals surface area (Å²) in [5.74, 6) is 0.850. The van der Waals surface area contributed by atoms with Gasteiger partial charge in [0.1, 0.15) is 11.8 Å². The van der Waals surface area contributed by atoms with Crippen molar-refractivity contribution in [2.24, 2.45) is 0 Å². The molecular formula is C16H21NO3S2. The average molecular weight is 339 g/mol. The molecule has 1 aliphatic heterocycles. The van der Waals surface area contributed by atoms with Crippen LogP contribution in [0.4, 0.5) is 0 Å². The van der Waals surface area contributed by atoms with Crippen molar-refractivity contribution in [1.29, 1.82) is 0 Å². The van der Waals surface area contributed by atoms with E-state index in [1.807, 2.05) is 12.1 Å². The van der Waals surface area contributed by atoms with Crippen LogP contribution in [0.25, 0.3) is 0 Å². The molecule has 2 aliphatic rings. The summed E-state index contributed by atoms with van der Waals surface area (Å²) in [6.07, 6.45) is 6.17. The minimum atomic E-state index is -0.739. The normalized spacial score (nSPS) is 31.3. The van der Waals surface area contributed by atoms with Gasteiger partial charge in [0.05, 0.1) is 11.0 Å². The van der Waals surface area contributed by atoms with Gasteiger partial charge in [0.25, 0.3) is 0 Å². The smallest absolute Gasteiger partial charge is 0.321 e. The van der Waals surface area contributed by atoms with E-state index in [4.69, 9.17) is 9.84 Å². The lowest BCUT2D eigenvalue weighted by atomic mass is 9.91. The molecule has 0 radical (unpaired) electrons. The maximum absolute atomic E-state index is 11.1. The van der Waals surface area contributed by atoms with Crippen LogP contribution in [0, 0.1) is 0 Å². The fourth-order valence-electron chi connectivity index (χ4n) is 3.09. The molecule has 1 aliphatic carbocycles. The second-order valence-corrected chi connectivity index (χ2v) is 8.12. The first kappa shape index (κ1) is 16.0. The molecule has 0 aromatic heterocycles. The number of carbonyl (C=O) groups is 1. The highest BCUT2D eigenvalue weighted by Gasteiger charge is 2.44. The number of carboxylic acids is 1. The number of hydrogen-bond acceptors (Lipinski definition) is 5. The van der Waals surface area contributed by atoms with Crippen molar-refractivity contribution in [3.8, 4) is 5.75 Å². The lowest BCUT2D eigenvalue weighted by Crippen LogP contribution is -2.48. The van der Waals surface area contributed by atoms with Gasteiger partial charge < -0.3 is 9.84 Å². The molecule has 1 heterocycles. The Morgan fingerprint density at radius 3 is 2.59 bits per heavy atom. The van der Waals surface area contributed by atoms with E-state index in [-0.39, 0.29) is 11.0 Å². The maximum atomic E-state index is 11.1. The van der Waals surface area contributed by atoms with Gasteiger partial charge in [-0.25, -0.2) is 0 Å². The van der Waals surface area contributed by atoms with Crippen molar-refractivity contribution >= 4 is 29.5 Å². The SMILES string of the molecule is CSc1ccc(OC2CCC3(CC2)NC(C(=O)O)CS3)cc1. The van der Waals surface area contributed by atoms with Crippen molar-refractivity contribution < 1.29 is 14.6 Å². The van der Waals surface area contributed by atoms with Crippen LogP contribution in [0.15, 0.2) is 29.2 Å². The number of nitrogens with one attached hydrogen (secondary N) is 1. The highest BCUT2D eigenvalue weighted by Crippen LogP contribution is 2.43. The van der Waals surface area contributed by atoms with Crippen molar-refractivity contribution in [2.45, 2.75) is 47.6 Å². The van der Waals surface area contributed by atoms with Crippen LogP contribution in [0.2, 0.25) is 0 Å². The monoisotopic (exact) mass is 339 g/mol. The maximum Gasteiger partial charge on any atom is 0.321 e. The summed E-state index contributed by atoms with van der Waals surface area (Å²) in [5, 5.41) is 12.4. The summed E-state index contributed by atoms with van der Waals surface area (Å²) >= 11 is 3.49. The molecule has 1 aromatic carbocycles. The number of thioether (sulfide) groups is 2. The van der Waals surface area contributed by atoms with Crippen LogP contribution in [-0.2, 0) is 4.79 Å². The molecule has 1 saturated carbocycles. The molecule has 120 valence electrons. The molecule has 3 rings (SSSR count). The van der Waals surface area contributed by atoms with E-state index in [0.29, 0.717) is 5.75 Å². The second-order valence-electron chi connectivity index (χ2n) is 5.83. The third-order valence-corrected chi connectivity index (χ3v) is 6.69. The Morgan fingerprint density at radius 2 is 2.05 bits per heavy atom. The molecule has 0 bridgehead atoms. The lowest BCUT2D eigenvalue weighted by molar-refractivity contribution is -0.139. The van der Waals surface area contributed by atoms with Crippen LogP contribution < -0.4 is 10.1 Å². The van der Waals surface area contributed by atoms with Crippen LogP contribution in [0.3, 0.4) is 0 Å². The Kier molecular flexibility index (Phi) is 4.90. The van der Waals surface area contributed by atoms with Gasteiger partial charge in [-0.1, -0.05) is 0 Å². The third kappa shape index (κ3) is 3.55. The van der Waals surface area contributed by atoms with E-state index >= 15 is 0 Å². The van der Waals surface area contributed by atoms with Gasteiger partial charge in [-0.2, -0.15) is 0 Å². The van der Waals surface area contributed by atoms with Crippen molar-refractivity contribution in [1.82, 2.24) is 5.32 Å². The first-order valence-electron chi connectivity index (χ1n) is 7.55. The molecule has 2 fully saturated rings. The highest BCUT2D eigenvalue weighted by molar-refractivity contribution is 8.01. The largest absolute Gasteiger partial charge is 0.490 e. The molecule has 1 saturated heterocycles. The van der Waals surface area contributed by atoms with E-state index in [9.17, 15) is 4.79 Å². The molecule has 1 spiro atoms. The Balaban J connectivity index is 1.52. The molecule has 1 unspecified atom stereocenters. The Labute approximate surface area is 139 Å². The van der Waals surface area contributed by atoms with Crippen LogP contribution in [-0.4, -0.2) is 40.1 Å². The van der Waals surface area contributed by atoms with Crippen molar-refractivity contribution in [3.05, 3.63) is 24.3 Å². The molecule has 1 aromatic rings. The summed E-state index contributed by atoms with van der Waals surface area (Å²) in [4.78, 5) is 12.3. The highest BCUT2D eigenvalue weighted by atomic mass is 32.2. The fourth-order valence-corrected chi connectivity index (χ4v) is 4.96. The van der Waals surface area contributed by atoms with Gasteiger partial charge in [0.15, 0.2) is 0 Å². The molecule has 4 nitrogen and oxygen atoms in total. The van der Waals surface area contributed by atoms with Gasteiger partial charge in [-0.3, -0.25) is 10.1 Å². The predicted molar refractivity (Wildman–Crippen MR) is 90.9 cm³/mol. The Bertz CT molecular complexity index is 527. The minimum absolute atomic E-state index is 0.0500. The zero-order valence-corrected chi connectivity index (χ0v) is 14.2. The van der Waals surface area contributed by atoms with Crippen molar-refractivity contribution in [2.75, 3.05) is 12.0 Å². The summed E-state index contributed by atoms with van der Waals surface area (Å²) in [6, 6.07) is 7.81. The number of ether oxygens (including phenoxy) is 1. The van der Waals surface area contributed by atoms with Crippen LogP contribution >= 0.6 is 23.5 Å². The molecule has 1 atom stereocenters. The van der Waals surface area contributed by atoms with E-state index < -0.39 is 12.0 Å². The summed E-state index contributed by atoms with van der Waals surface area (Å²) < 4.78 is 6.07. The topological polar surface area (TPSA) is 58.6 Å². The predicted octanol–water partition coefficient (Wildman–Crippen LogP) is 3.22. The van der Waals surface area contributed by atoms with E-state index in [1.54, 1.807) is 23.5 Å². The van der Waals surface area contributed by atoms with Gasteiger partial charge >= 0.3 is 5.97 Å². The van der Waals surface area contributed by atoms with E-state index in [0.717, 1.165) is 31.4 Å². The number of carboxylic acid groups (broad SMARTS) is 1. The minimum Gasteiger partial charge on any atom is -0.490 e. The number of aliphatic carboxylic acids is 1. The summed E-state index contributed by atoms with van der Waals surface area (Å²) in [6.45, 7) is 0.